The summed E-state index contributed by atoms with van der Waals surface area (Å²) in [5, 5.41) is 3.70. The van der Waals surface area contributed by atoms with Gasteiger partial charge >= 0.3 is 0 Å². The molecule has 1 aromatic carbocycles. The Bertz CT molecular complexity index is 602. The molecule has 1 aromatic heterocycles. The van der Waals surface area contributed by atoms with Crippen LogP contribution in [0.4, 0.5) is 5.69 Å². The van der Waals surface area contributed by atoms with Crippen LogP contribution < -0.4 is 5.32 Å². The Kier molecular flexibility index (Phi) is 4.18. The number of nitrogens with one attached hydrogen (secondary N) is 1. The van der Waals surface area contributed by atoms with Crippen LogP contribution in [0.5, 0.6) is 0 Å². The van der Waals surface area contributed by atoms with Crippen molar-refractivity contribution in [1.29, 1.82) is 0 Å². The molecule has 1 N–H and O–H groups in total. The Morgan fingerprint density at radius 2 is 2.05 bits per heavy atom. The van der Waals surface area contributed by atoms with Crippen LogP contribution in [0.15, 0.2) is 22.6 Å². The highest BCUT2D eigenvalue weighted by atomic mass is 16.3. The molecular formula is C18H26N2O. The average Bonchev–Trinajstić information content (AvgIpc) is 2.65. The van der Waals surface area contributed by atoms with Crippen LogP contribution in [0.1, 0.15) is 51.8 Å². The van der Waals surface area contributed by atoms with E-state index in [1.807, 2.05) is 13.0 Å². The van der Waals surface area contributed by atoms with Gasteiger partial charge in [-0.2, -0.15) is 0 Å². The average molecular weight is 286 g/mol. The molecule has 21 heavy (non-hydrogen) atoms. The summed E-state index contributed by atoms with van der Waals surface area (Å²) in [6.07, 6.45) is 6.63. The molecule has 3 rings (SSSR count). The molecule has 1 saturated carbocycles. The summed E-state index contributed by atoms with van der Waals surface area (Å²) in [6.45, 7) is 6.61. The van der Waals surface area contributed by atoms with Crippen LogP contribution >= 0.6 is 0 Å². The third kappa shape index (κ3) is 3.39. The zero-order valence-electron chi connectivity index (χ0n) is 13.4. The van der Waals surface area contributed by atoms with Crippen molar-refractivity contribution >= 4 is 16.8 Å². The maximum Gasteiger partial charge on any atom is 0.192 e. The zero-order valence-corrected chi connectivity index (χ0v) is 13.4. The summed E-state index contributed by atoms with van der Waals surface area (Å²) in [5.41, 5.74) is 2.99. The number of benzene rings is 1. The molecule has 1 fully saturated rings. The van der Waals surface area contributed by atoms with E-state index in [0.717, 1.165) is 28.8 Å². The van der Waals surface area contributed by atoms with Gasteiger partial charge in [0.1, 0.15) is 5.52 Å². The van der Waals surface area contributed by atoms with E-state index in [1.54, 1.807) is 0 Å². The van der Waals surface area contributed by atoms with Gasteiger partial charge in [0.2, 0.25) is 0 Å². The molecule has 0 bridgehead atoms. The van der Waals surface area contributed by atoms with Gasteiger partial charge in [0.15, 0.2) is 11.5 Å². The number of nitrogens with zero attached hydrogens (tertiary/aromatic N) is 1. The monoisotopic (exact) mass is 286 g/mol. The normalized spacial score (nSPS) is 23.4. The first-order chi connectivity index (χ1) is 10.1. The van der Waals surface area contributed by atoms with Crippen LogP contribution in [-0.4, -0.2) is 11.0 Å². The first-order valence-corrected chi connectivity index (χ1v) is 8.25. The molecule has 2 atom stereocenters. The summed E-state index contributed by atoms with van der Waals surface area (Å²) >= 11 is 0. The third-order valence-corrected chi connectivity index (χ3v) is 4.82. The molecule has 3 heteroatoms. The molecular weight excluding hydrogens is 260 g/mol. The van der Waals surface area contributed by atoms with Crippen molar-refractivity contribution in [2.45, 2.75) is 58.9 Å². The van der Waals surface area contributed by atoms with Gasteiger partial charge in [-0.25, -0.2) is 4.98 Å². The molecule has 0 amide bonds. The fourth-order valence-electron chi connectivity index (χ4n) is 3.51. The molecule has 3 nitrogen and oxygen atoms in total. The van der Waals surface area contributed by atoms with Crippen molar-refractivity contribution in [2.75, 3.05) is 5.32 Å². The van der Waals surface area contributed by atoms with E-state index < -0.39 is 0 Å². The largest absolute Gasteiger partial charge is 0.441 e. The smallest absolute Gasteiger partial charge is 0.192 e. The third-order valence-electron chi connectivity index (χ3n) is 4.82. The number of oxazole rings is 1. The number of rotatable bonds is 3. The first-order valence-electron chi connectivity index (χ1n) is 8.25. The van der Waals surface area contributed by atoms with Crippen LogP contribution in [0.25, 0.3) is 11.1 Å². The van der Waals surface area contributed by atoms with E-state index in [4.69, 9.17) is 4.42 Å². The van der Waals surface area contributed by atoms with Gasteiger partial charge in [-0.3, -0.25) is 0 Å². The minimum atomic E-state index is 0.596. The number of hydrogen-bond acceptors (Lipinski definition) is 3. The minimum absolute atomic E-state index is 0.596. The molecule has 1 aliphatic carbocycles. The lowest BCUT2D eigenvalue weighted by molar-refractivity contribution is 0.341. The Labute approximate surface area is 127 Å². The molecule has 1 aliphatic rings. The highest BCUT2D eigenvalue weighted by molar-refractivity contribution is 5.77. The van der Waals surface area contributed by atoms with Gasteiger partial charge in [-0.05, 0) is 49.3 Å². The highest BCUT2D eigenvalue weighted by Gasteiger charge is 2.21. The molecule has 114 valence electrons. The van der Waals surface area contributed by atoms with Crippen molar-refractivity contribution in [1.82, 2.24) is 4.98 Å². The molecule has 1 heterocycles. The van der Waals surface area contributed by atoms with E-state index in [-0.39, 0.29) is 0 Å². The first kappa shape index (κ1) is 14.4. The van der Waals surface area contributed by atoms with Crippen molar-refractivity contribution in [3.05, 3.63) is 24.1 Å². The number of fused-ring (bicyclic) bond motifs is 1. The Morgan fingerprint density at radius 3 is 2.86 bits per heavy atom. The number of aryl methyl sites for hydroxylation is 1. The predicted molar refractivity (Wildman–Crippen MR) is 87.6 cm³/mol. The van der Waals surface area contributed by atoms with Crippen molar-refractivity contribution < 1.29 is 4.42 Å². The van der Waals surface area contributed by atoms with Gasteiger partial charge in [-0.15, -0.1) is 0 Å². The number of hydrogen-bond donors (Lipinski definition) is 1. The second-order valence-corrected chi connectivity index (χ2v) is 6.77. The van der Waals surface area contributed by atoms with Crippen LogP contribution in [-0.2, 0) is 0 Å². The van der Waals surface area contributed by atoms with Crippen LogP contribution in [0.2, 0.25) is 0 Å². The van der Waals surface area contributed by atoms with Gasteiger partial charge in [0, 0.05) is 18.7 Å². The second kappa shape index (κ2) is 6.08. The van der Waals surface area contributed by atoms with Crippen molar-refractivity contribution in [2.24, 2.45) is 11.8 Å². The second-order valence-electron chi connectivity index (χ2n) is 6.77. The Balaban J connectivity index is 1.67. The lowest BCUT2D eigenvalue weighted by atomic mass is 9.89. The fraction of sp³-hybridized carbons (Fsp3) is 0.611. The lowest BCUT2D eigenvalue weighted by Crippen LogP contribution is -2.18. The minimum Gasteiger partial charge on any atom is -0.441 e. The zero-order chi connectivity index (χ0) is 14.8. The SMILES string of the molecule is Cc1nc2cc(NC3CCCC(C(C)C)CC3)ccc2o1. The molecule has 0 radical (unpaired) electrons. The topological polar surface area (TPSA) is 38.1 Å². The van der Waals surface area contributed by atoms with E-state index >= 15 is 0 Å². The molecule has 0 saturated heterocycles. The van der Waals surface area contributed by atoms with Gasteiger partial charge in [-0.1, -0.05) is 26.7 Å². The molecule has 2 aromatic rings. The quantitative estimate of drug-likeness (QED) is 0.793. The molecule has 2 unspecified atom stereocenters. The van der Waals surface area contributed by atoms with Gasteiger partial charge in [0.25, 0.3) is 0 Å². The predicted octanol–water partition coefficient (Wildman–Crippen LogP) is 5.15. The fourth-order valence-corrected chi connectivity index (χ4v) is 3.51. The summed E-state index contributed by atoms with van der Waals surface area (Å²) in [4.78, 5) is 4.41. The van der Waals surface area contributed by atoms with E-state index in [1.165, 1.54) is 37.8 Å². The van der Waals surface area contributed by atoms with Gasteiger partial charge in [0.05, 0.1) is 0 Å². The van der Waals surface area contributed by atoms with E-state index in [2.05, 4.69) is 36.3 Å². The standard InChI is InChI=1S/C18H26N2O/c1-12(2)14-5-4-6-15(8-7-14)20-16-9-10-18-17(11-16)19-13(3)21-18/h9-12,14-15,20H,4-8H2,1-3H3. The molecule has 0 spiro atoms. The highest BCUT2D eigenvalue weighted by Crippen LogP contribution is 2.30. The van der Waals surface area contributed by atoms with E-state index in [0.29, 0.717) is 6.04 Å². The Hall–Kier alpha value is -1.51. The number of anilines is 1. The summed E-state index contributed by atoms with van der Waals surface area (Å²) in [7, 11) is 0. The summed E-state index contributed by atoms with van der Waals surface area (Å²) < 4.78 is 5.53. The maximum atomic E-state index is 5.53. The Morgan fingerprint density at radius 1 is 1.19 bits per heavy atom. The lowest BCUT2D eigenvalue weighted by Gasteiger charge is -2.19. The number of aromatic nitrogens is 1. The summed E-state index contributed by atoms with van der Waals surface area (Å²) in [5.74, 6) is 2.45. The summed E-state index contributed by atoms with van der Waals surface area (Å²) in [6, 6.07) is 6.83. The molecule has 0 aliphatic heterocycles. The van der Waals surface area contributed by atoms with Crippen LogP contribution in [0, 0.1) is 18.8 Å². The van der Waals surface area contributed by atoms with Crippen molar-refractivity contribution in [3.63, 3.8) is 0 Å². The van der Waals surface area contributed by atoms with Crippen LogP contribution in [0.3, 0.4) is 0 Å². The van der Waals surface area contributed by atoms with E-state index in [9.17, 15) is 0 Å². The maximum absolute atomic E-state index is 5.53. The van der Waals surface area contributed by atoms with Gasteiger partial charge < -0.3 is 9.73 Å². The van der Waals surface area contributed by atoms with Crippen molar-refractivity contribution in [3.8, 4) is 0 Å².